The third kappa shape index (κ3) is 2.56. The van der Waals surface area contributed by atoms with Gasteiger partial charge in [-0.15, -0.1) is 0 Å². The second-order valence-electron chi connectivity index (χ2n) is 5.29. The van der Waals surface area contributed by atoms with Crippen molar-refractivity contribution >= 4 is 11.5 Å². The summed E-state index contributed by atoms with van der Waals surface area (Å²) in [6, 6.07) is 4.14. The van der Waals surface area contributed by atoms with E-state index >= 15 is 0 Å². The quantitative estimate of drug-likeness (QED) is 0.838. The van der Waals surface area contributed by atoms with E-state index in [1.165, 1.54) is 12.8 Å². The van der Waals surface area contributed by atoms with Gasteiger partial charge in [-0.1, -0.05) is 26.7 Å². The molecule has 1 aromatic rings. The van der Waals surface area contributed by atoms with Gasteiger partial charge in [0.05, 0.1) is 11.3 Å². The molecule has 96 valence electrons. The Balaban J connectivity index is 2.12. The molecule has 4 heteroatoms. The highest BCUT2D eigenvalue weighted by molar-refractivity contribution is 5.63. The van der Waals surface area contributed by atoms with Crippen LogP contribution in [0.4, 0.5) is 11.5 Å². The largest absolute Gasteiger partial charge is 0.396 e. The Morgan fingerprint density at radius 2 is 2.22 bits per heavy atom. The van der Waals surface area contributed by atoms with Gasteiger partial charge in [-0.05, 0) is 24.3 Å². The van der Waals surface area contributed by atoms with E-state index in [0.29, 0.717) is 29.0 Å². The molecule has 1 aliphatic carbocycles. The molecule has 0 amide bonds. The van der Waals surface area contributed by atoms with E-state index in [0.717, 1.165) is 12.3 Å². The number of nitriles is 1. The van der Waals surface area contributed by atoms with Crippen molar-refractivity contribution in [1.29, 1.82) is 5.26 Å². The average molecular weight is 244 g/mol. The standard InChI is InChI=1S/C14H20N4/c1-9-4-3-5-13(10(9)2)18-14-12(16)6-11(7-15)8-17-14/h6,8-10,13H,3-5,16H2,1-2H3,(H,17,18). The summed E-state index contributed by atoms with van der Waals surface area (Å²) in [6.07, 6.45) is 5.28. The maximum absolute atomic E-state index is 8.79. The smallest absolute Gasteiger partial charge is 0.149 e. The minimum Gasteiger partial charge on any atom is -0.396 e. The Bertz CT molecular complexity index is 463. The Morgan fingerprint density at radius 1 is 1.44 bits per heavy atom. The van der Waals surface area contributed by atoms with Crippen LogP contribution in [0.15, 0.2) is 12.3 Å². The number of pyridine rings is 1. The molecule has 4 nitrogen and oxygen atoms in total. The fourth-order valence-corrected chi connectivity index (χ4v) is 2.62. The molecule has 0 saturated heterocycles. The van der Waals surface area contributed by atoms with Gasteiger partial charge in [0.2, 0.25) is 0 Å². The molecular formula is C14H20N4. The van der Waals surface area contributed by atoms with Crippen molar-refractivity contribution in [3.63, 3.8) is 0 Å². The van der Waals surface area contributed by atoms with Crippen molar-refractivity contribution in [3.05, 3.63) is 17.8 Å². The van der Waals surface area contributed by atoms with E-state index in [-0.39, 0.29) is 0 Å². The predicted octanol–water partition coefficient (Wildman–Crippen LogP) is 2.77. The summed E-state index contributed by atoms with van der Waals surface area (Å²) in [4.78, 5) is 4.24. The molecule has 1 saturated carbocycles. The first-order chi connectivity index (χ1) is 8.61. The number of nitrogens with one attached hydrogen (secondary N) is 1. The number of rotatable bonds is 2. The first-order valence-corrected chi connectivity index (χ1v) is 6.54. The van der Waals surface area contributed by atoms with Gasteiger partial charge in [0.25, 0.3) is 0 Å². The van der Waals surface area contributed by atoms with Crippen LogP contribution < -0.4 is 11.1 Å². The van der Waals surface area contributed by atoms with E-state index in [1.807, 2.05) is 6.07 Å². The maximum atomic E-state index is 8.79. The molecule has 1 heterocycles. The van der Waals surface area contributed by atoms with Gasteiger partial charge >= 0.3 is 0 Å². The van der Waals surface area contributed by atoms with E-state index < -0.39 is 0 Å². The van der Waals surface area contributed by atoms with Crippen LogP contribution in [0.25, 0.3) is 0 Å². The highest BCUT2D eigenvalue weighted by Gasteiger charge is 2.27. The van der Waals surface area contributed by atoms with E-state index in [4.69, 9.17) is 11.0 Å². The lowest BCUT2D eigenvalue weighted by atomic mass is 9.78. The average Bonchev–Trinajstić information content (AvgIpc) is 2.37. The van der Waals surface area contributed by atoms with Crippen LogP contribution in [0.1, 0.15) is 38.7 Å². The molecule has 3 N–H and O–H groups in total. The summed E-state index contributed by atoms with van der Waals surface area (Å²) >= 11 is 0. The first kappa shape index (κ1) is 12.7. The SMILES string of the molecule is CC1CCCC(Nc2ncc(C#N)cc2N)C1C. The molecule has 3 unspecified atom stereocenters. The summed E-state index contributed by atoms with van der Waals surface area (Å²) in [5.41, 5.74) is 6.98. The summed E-state index contributed by atoms with van der Waals surface area (Å²) in [5.74, 6) is 2.06. The summed E-state index contributed by atoms with van der Waals surface area (Å²) in [5, 5.41) is 12.2. The zero-order valence-electron chi connectivity index (χ0n) is 11.0. The predicted molar refractivity (Wildman–Crippen MR) is 73.0 cm³/mol. The molecule has 1 aromatic heterocycles. The fraction of sp³-hybridized carbons (Fsp3) is 0.571. The van der Waals surface area contributed by atoms with Crippen molar-refractivity contribution in [2.24, 2.45) is 11.8 Å². The number of nitrogens with two attached hydrogens (primary N) is 1. The zero-order valence-corrected chi connectivity index (χ0v) is 11.0. The number of nitrogen functional groups attached to an aromatic ring is 1. The fourth-order valence-electron chi connectivity index (χ4n) is 2.62. The molecular weight excluding hydrogens is 224 g/mol. The number of nitrogens with zero attached hydrogens (tertiary/aromatic N) is 2. The molecule has 0 aliphatic heterocycles. The van der Waals surface area contributed by atoms with E-state index in [1.54, 1.807) is 12.3 Å². The van der Waals surface area contributed by atoms with Crippen molar-refractivity contribution in [2.45, 2.75) is 39.2 Å². The van der Waals surface area contributed by atoms with Gasteiger partial charge < -0.3 is 11.1 Å². The van der Waals surface area contributed by atoms with Gasteiger partial charge in [0.1, 0.15) is 11.9 Å². The highest BCUT2D eigenvalue weighted by atomic mass is 15.0. The number of anilines is 2. The highest BCUT2D eigenvalue weighted by Crippen LogP contribution is 2.32. The van der Waals surface area contributed by atoms with Gasteiger partial charge in [-0.3, -0.25) is 0 Å². The molecule has 1 aliphatic rings. The van der Waals surface area contributed by atoms with Crippen molar-refractivity contribution in [2.75, 3.05) is 11.1 Å². The van der Waals surface area contributed by atoms with Gasteiger partial charge in [-0.2, -0.15) is 5.26 Å². The van der Waals surface area contributed by atoms with Crippen molar-refractivity contribution in [3.8, 4) is 6.07 Å². The normalized spacial score (nSPS) is 27.5. The minimum atomic E-state index is 0.427. The van der Waals surface area contributed by atoms with Crippen LogP contribution >= 0.6 is 0 Å². The van der Waals surface area contributed by atoms with E-state index in [9.17, 15) is 0 Å². The summed E-state index contributed by atoms with van der Waals surface area (Å²) in [7, 11) is 0. The van der Waals surface area contributed by atoms with Crippen molar-refractivity contribution in [1.82, 2.24) is 4.98 Å². The van der Waals surface area contributed by atoms with E-state index in [2.05, 4.69) is 24.1 Å². The molecule has 0 spiro atoms. The minimum absolute atomic E-state index is 0.427. The maximum Gasteiger partial charge on any atom is 0.149 e. The Morgan fingerprint density at radius 3 is 2.89 bits per heavy atom. The number of hydrogen-bond donors (Lipinski definition) is 2. The first-order valence-electron chi connectivity index (χ1n) is 6.54. The summed E-state index contributed by atoms with van der Waals surface area (Å²) < 4.78 is 0. The lowest BCUT2D eigenvalue weighted by molar-refractivity contribution is 0.253. The molecule has 18 heavy (non-hydrogen) atoms. The second-order valence-corrected chi connectivity index (χ2v) is 5.29. The number of hydrogen-bond acceptors (Lipinski definition) is 4. The molecule has 2 rings (SSSR count). The third-order valence-corrected chi connectivity index (χ3v) is 4.08. The third-order valence-electron chi connectivity index (χ3n) is 4.08. The molecule has 0 radical (unpaired) electrons. The summed E-state index contributed by atoms with van der Waals surface area (Å²) in [6.45, 7) is 4.58. The topological polar surface area (TPSA) is 74.7 Å². The van der Waals surface area contributed by atoms with Crippen molar-refractivity contribution < 1.29 is 0 Å². The van der Waals surface area contributed by atoms with Crippen LogP contribution in [0.3, 0.4) is 0 Å². The van der Waals surface area contributed by atoms with Gasteiger partial charge in [0.15, 0.2) is 0 Å². The van der Waals surface area contributed by atoms with Crippen LogP contribution in [-0.4, -0.2) is 11.0 Å². The van der Waals surface area contributed by atoms with Crippen LogP contribution in [0, 0.1) is 23.2 Å². The second kappa shape index (κ2) is 5.26. The lowest BCUT2D eigenvalue weighted by Gasteiger charge is -2.35. The zero-order chi connectivity index (χ0) is 13.1. The molecule has 0 aromatic carbocycles. The van der Waals surface area contributed by atoms with Crippen LogP contribution in [0.2, 0.25) is 0 Å². The Kier molecular flexibility index (Phi) is 3.71. The monoisotopic (exact) mass is 244 g/mol. The van der Waals surface area contributed by atoms with Gasteiger partial charge in [-0.25, -0.2) is 4.98 Å². The Hall–Kier alpha value is -1.76. The Labute approximate surface area is 108 Å². The van der Waals surface area contributed by atoms with Gasteiger partial charge in [0, 0.05) is 12.2 Å². The number of aromatic nitrogens is 1. The molecule has 0 bridgehead atoms. The lowest BCUT2D eigenvalue weighted by Crippen LogP contribution is -2.35. The van der Waals surface area contributed by atoms with Crippen LogP contribution in [0.5, 0.6) is 0 Å². The van der Waals surface area contributed by atoms with Crippen LogP contribution in [-0.2, 0) is 0 Å². The molecule has 3 atom stereocenters. The molecule has 1 fully saturated rings.